The monoisotopic (exact) mass is 464 g/mol. The SMILES string of the molecule is CC(C)P(Cc1cccc(CP(C(C)C)C(C)C)n1)C(C)C.[Cl][Mn][Cl]. The van der Waals surface area contributed by atoms with Crippen LogP contribution in [0.25, 0.3) is 0 Å². The Hall–Kier alpha value is 1.11. The van der Waals surface area contributed by atoms with Crippen molar-refractivity contribution in [3.8, 4) is 0 Å². The average molecular weight is 465 g/mol. The molecule has 0 amide bonds. The van der Waals surface area contributed by atoms with Crippen molar-refractivity contribution >= 4 is 36.0 Å². The van der Waals surface area contributed by atoms with E-state index in [1.807, 2.05) is 0 Å². The number of hydrogen-bond donors (Lipinski definition) is 0. The molecule has 1 aromatic heterocycles. The van der Waals surface area contributed by atoms with E-state index < -0.39 is 0 Å². The zero-order chi connectivity index (χ0) is 19.6. The minimum atomic E-state index is 0.00694. The van der Waals surface area contributed by atoms with Gasteiger partial charge in [0.25, 0.3) is 0 Å². The van der Waals surface area contributed by atoms with Crippen molar-refractivity contribution in [2.45, 2.75) is 90.3 Å². The van der Waals surface area contributed by atoms with Gasteiger partial charge in [0.05, 0.1) is 0 Å². The third-order valence-electron chi connectivity index (χ3n) is 4.21. The molecule has 1 rings (SSSR count). The van der Waals surface area contributed by atoms with Gasteiger partial charge in [-0.3, -0.25) is 4.98 Å². The molecule has 1 aromatic rings. The second-order valence-electron chi connectivity index (χ2n) is 7.39. The van der Waals surface area contributed by atoms with Crippen LogP contribution in [0, 0.1) is 0 Å². The van der Waals surface area contributed by atoms with Crippen LogP contribution in [0.3, 0.4) is 0 Å². The number of pyridine rings is 1. The molecule has 0 aliphatic heterocycles. The molecule has 0 atom stereocenters. The van der Waals surface area contributed by atoms with Gasteiger partial charge in [-0.15, -0.1) is 0 Å². The van der Waals surface area contributed by atoms with E-state index in [9.17, 15) is 0 Å². The van der Waals surface area contributed by atoms with Gasteiger partial charge in [0.15, 0.2) is 0 Å². The van der Waals surface area contributed by atoms with Crippen molar-refractivity contribution in [3.05, 3.63) is 29.6 Å². The second-order valence-corrected chi connectivity index (χ2v) is 16.2. The molecule has 0 aliphatic rings. The van der Waals surface area contributed by atoms with Crippen LogP contribution < -0.4 is 0 Å². The van der Waals surface area contributed by atoms with Gasteiger partial charge >= 0.3 is 33.3 Å². The summed E-state index contributed by atoms with van der Waals surface area (Å²) in [6, 6.07) is 6.69. The molecular formula is C19H35Cl2MnNP2. The van der Waals surface area contributed by atoms with Crippen LogP contribution in [-0.4, -0.2) is 27.6 Å². The first-order valence-electron chi connectivity index (χ1n) is 8.97. The van der Waals surface area contributed by atoms with Crippen LogP contribution in [0.4, 0.5) is 0 Å². The Kier molecular flexibility index (Phi) is 14.8. The molecular weight excluding hydrogens is 430 g/mol. The maximum absolute atomic E-state index is 5.01. The van der Waals surface area contributed by atoms with Gasteiger partial charge in [0.1, 0.15) is 0 Å². The number of hydrogen-bond acceptors (Lipinski definition) is 1. The molecule has 1 heterocycles. The van der Waals surface area contributed by atoms with Crippen molar-refractivity contribution in [2.75, 3.05) is 0 Å². The Balaban J connectivity index is 0.00000178. The van der Waals surface area contributed by atoms with E-state index in [-0.39, 0.29) is 29.0 Å². The van der Waals surface area contributed by atoms with Crippen LogP contribution in [-0.2, 0) is 25.5 Å². The molecule has 0 spiro atoms. The molecule has 0 N–H and O–H groups in total. The summed E-state index contributed by atoms with van der Waals surface area (Å²) in [5.74, 6) is 0. The van der Waals surface area contributed by atoms with Crippen LogP contribution >= 0.6 is 36.0 Å². The van der Waals surface area contributed by atoms with E-state index in [4.69, 9.17) is 25.2 Å². The second kappa shape index (κ2) is 14.2. The quantitative estimate of drug-likeness (QED) is 0.280. The van der Waals surface area contributed by atoms with Crippen molar-refractivity contribution in [1.29, 1.82) is 0 Å². The van der Waals surface area contributed by atoms with Crippen LogP contribution in [0.2, 0.25) is 0 Å². The summed E-state index contributed by atoms with van der Waals surface area (Å²) >= 11 is 0.00694. The first-order valence-corrected chi connectivity index (χ1v) is 15.5. The average Bonchev–Trinajstić information content (AvgIpc) is 2.50. The Morgan fingerprint density at radius 3 is 1.28 bits per heavy atom. The van der Waals surface area contributed by atoms with Gasteiger partial charge in [-0.05, 0) is 34.8 Å². The molecule has 0 aliphatic carbocycles. The molecule has 0 fully saturated rings. The molecule has 0 aromatic carbocycles. The van der Waals surface area contributed by atoms with Gasteiger partial charge in [-0.1, -0.05) is 77.3 Å². The summed E-state index contributed by atoms with van der Waals surface area (Å²) in [7, 11) is 9.65. The topological polar surface area (TPSA) is 12.9 Å². The van der Waals surface area contributed by atoms with E-state index in [1.165, 1.54) is 23.7 Å². The summed E-state index contributed by atoms with van der Waals surface area (Å²) in [6.45, 7) is 18.9. The standard InChI is InChI=1S/C19H35NP2.2ClH.Mn/c1-14(2)21(15(3)4)12-18-10-9-11-19(20-18)13-22(16(5)6)17(7)8;;;/h9-11,14-17H,12-13H2,1-8H3;2*1H;/q;;;+2/p-2. The molecule has 0 saturated heterocycles. The van der Waals surface area contributed by atoms with Crippen molar-refractivity contribution < 1.29 is 13.1 Å². The maximum atomic E-state index is 5.01. The zero-order valence-electron chi connectivity index (χ0n) is 16.9. The summed E-state index contributed by atoms with van der Waals surface area (Å²) in [6.07, 6.45) is 2.36. The fourth-order valence-corrected chi connectivity index (χ4v) is 7.95. The molecule has 0 unspecified atom stereocenters. The van der Waals surface area contributed by atoms with Gasteiger partial charge in [0, 0.05) is 23.7 Å². The summed E-state index contributed by atoms with van der Waals surface area (Å²) in [5.41, 5.74) is 5.75. The molecule has 25 heavy (non-hydrogen) atoms. The summed E-state index contributed by atoms with van der Waals surface area (Å²) < 4.78 is 0. The predicted molar refractivity (Wildman–Crippen MR) is 118 cm³/mol. The van der Waals surface area contributed by atoms with E-state index in [0.29, 0.717) is 0 Å². The fraction of sp³-hybridized carbons (Fsp3) is 0.737. The van der Waals surface area contributed by atoms with E-state index in [0.717, 1.165) is 22.6 Å². The summed E-state index contributed by atoms with van der Waals surface area (Å²) in [5, 5.41) is 0. The van der Waals surface area contributed by atoms with Gasteiger partial charge in [0.2, 0.25) is 0 Å². The molecule has 1 nitrogen and oxygen atoms in total. The van der Waals surface area contributed by atoms with Gasteiger partial charge < -0.3 is 0 Å². The van der Waals surface area contributed by atoms with Crippen molar-refractivity contribution in [3.63, 3.8) is 0 Å². The van der Waals surface area contributed by atoms with Crippen LogP contribution in [0.5, 0.6) is 0 Å². The predicted octanol–water partition coefficient (Wildman–Crippen LogP) is 8.06. The van der Waals surface area contributed by atoms with Gasteiger partial charge in [-0.25, -0.2) is 0 Å². The third-order valence-corrected chi connectivity index (χ3v) is 10.9. The Labute approximate surface area is 173 Å². The Morgan fingerprint density at radius 1 is 0.760 bits per heavy atom. The molecule has 0 radical (unpaired) electrons. The molecule has 0 bridgehead atoms. The molecule has 6 heteroatoms. The Bertz CT molecular complexity index is 417. The third kappa shape index (κ3) is 10.9. The van der Waals surface area contributed by atoms with Crippen molar-refractivity contribution in [2.24, 2.45) is 0 Å². The van der Waals surface area contributed by atoms with Crippen LogP contribution in [0.15, 0.2) is 18.2 Å². The number of rotatable bonds is 8. The van der Waals surface area contributed by atoms with E-state index >= 15 is 0 Å². The normalized spacial score (nSPS) is 11.8. The molecule has 0 saturated carbocycles. The van der Waals surface area contributed by atoms with Crippen molar-refractivity contribution in [1.82, 2.24) is 4.98 Å². The number of nitrogens with zero attached hydrogens (tertiary/aromatic N) is 1. The van der Waals surface area contributed by atoms with Crippen LogP contribution in [0.1, 0.15) is 66.8 Å². The van der Waals surface area contributed by atoms with E-state index in [2.05, 4.69) is 73.6 Å². The summed E-state index contributed by atoms with van der Waals surface area (Å²) in [4.78, 5) is 5.01. The Morgan fingerprint density at radius 2 is 1.04 bits per heavy atom. The number of aromatic nitrogens is 1. The first-order chi connectivity index (χ1) is 11.6. The van der Waals surface area contributed by atoms with E-state index in [1.54, 1.807) is 0 Å². The minimum absolute atomic E-state index is 0.00694. The molecule has 147 valence electrons. The first kappa shape index (κ1) is 26.1. The fourth-order valence-electron chi connectivity index (χ4n) is 3.00. The van der Waals surface area contributed by atoms with Gasteiger partial charge in [-0.2, -0.15) is 0 Å². The zero-order valence-corrected chi connectivity index (χ0v) is 21.4. The number of halogens is 2.